The van der Waals surface area contributed by atoms with Gasteiger partial charge in [-0.1, -0.05) is 13.8 Å². The van der Waals surface area contributed by atoms with Gasteiger partial charge in [0.05, 0.1) is 12.2 Å². The summed E-state index contributed by atoms with van der Waals surface area (Å²) in [6.45, 7) is 6.81. The fraction of sp³-hybridized carbons (Fsp3) is 0.367. The quantitative estimate of drug-likeness (QED) is 0.150. The zero-order valence-corrected chi connectivity index (χ0v) is 22.7. The first-order chi connectivity index (χ1) is 18.2. The smallest absolute Gasteiger partial charge is 0.416 e. The van der Waals surface area contributed by atoms with Crippen LogP contribution in [-0.2, 0) is 6.18 Å². The van der Waals surface area contributed by atoms with Crippen molar-refractivity contribution in [1.29, 1.82) is 0 Å². The molecule has 0 aliphatic carbocycles. The lowest BCUT2D eigenvalue weighted by Gasteiger charge is -2.20. The van der Waals surface area contributed by atoms with Crippen LogP contribution in [0.15, 0.2) is 71.6 Å². The molecule has 0 spiro atoms. The minimum Gasteiger partial charge on any atom is -0.493 e. The molecule has 3 rings (SSSR count). The van der Waals surface area contributed by atoms with E-state index in [2.05, 4.69) is 13.0 Å². The van der Waals surface area contributed by atoms with E-state index in [9.17, 15) is 18.0 Å². The molecule has 3 aromatic rings. The molecule has 1 atom stereocenters. The number of benzene rings is 3. The molecule has 0 saturated carbocycles. The van der Waals surface area contributed by atoms with Gasteiger partial charge in [0, 0.05) is 22.6 Å². The maximum Gasteiger partial charge on any atom is 0.416 e. The molecule has 0 aliphatic rings. The molecular weight excluding hydrogens is 513 g/mol. The molecule has 0 heterocycles. The van der Waals surface area contributed by atoms with Crippen molar-refractivity contribution in [3.63, 3.8) is 0 Å². The Balaban J connectivity index is 1.69. The number of Topliss-reactive ketones (excluding diaryl/α,β-unsaturated/α-hetero) is 1. The maximum absolute atomic E-state index is 12.9. The second-order valence-corrected chi connectivity index (χ2v) is 9.95. The molecule has 204 valence electrons. The van der Waals surface area contributed by atoms with E-state index >= 15 is 0 Å². The van der Waals surface area contributed by atoms with Crippen LogP contribution in [0.2, 0.25) is 0 Å². The topological polar surface area (TPSA) is 44.8 Å². The van der Waals surface area contributed by atoms with E-state index in [1.54, 1.807) is 36.0 Å². The lowest BCUT2D eigenvalue weighted by atomic mass is 10.1. The number of carbonyl (C=O) groups excluding carboxylic acids is 1. The summed E-state index contributed by atoms with van der Waals surface area (Å²) in [5, 5.41) is 0. The van der Waals surface area contributed by atoms with Crippen molar-refractivity contribution >= 4 is 17.5 Å². The van der Waals surface area contributed by atoms with Gasteiger partial charge in [0.2, 0.25) is 0 Å². The molecule has 38 heavy (non-hydrogen) atoms. The largest absolute Gasteiger partial charge is 0.493 e. The third-order valence-electron chi connectivity index (χ3n) is 5.62. The number of thioether (sulfide) groups is 1. The van der Waals surface area contributed by atoms with Crippen LogP contribution in [0.5, 0.6) is 17.2 Å². The molecule has 8 heteroatoms. The van der Waals surface area contributed by atoms with Crippen LogP contribution in [-0.4, -0.2) is 30.9 Å². The molecule has 0 radical (unpaired) electrons. The Morgan fingerprint density at radius 2 is 1.58 bits per heavy atom. The summed E-state index contributed by atoms with van der Waals surface area (Å²) in [7, 11) is 0. The van der Waals surface area contributed by atoms with Gasteiger partial charge in [0.15, 0.2) is 5.78 Å². The molecule has 0 saturated heterocycles. The van der Waals surface area contributed by atoms with Crippen LogP contribution in [0.3, 0.4) is 0 Å². The van der Waals surface area contributed by atoms with E-state index in [0.717, 1.165) is 41.2 Å². The van der Waals surface area contributed by atoms with E-state index in [1.807, 2.05) is 26.0 Å². The van der Waals surface area contributed by atoms with E-state index in [-0.39, 0.29) is 12.4 Å². The number of hydrogen-bond acceptors (Lipinski definition) is 5. The lowest BCUT2D eigenvalue weighted by Crippen LogP contribution is -2.27. The Morgan fingerprint density at radius 1 is 0.895 bits per heavy atom. The SMILES string of the molecule is CCCOc1ccc(SCC(COc2ccc(C(F)(F)F)cc2)Oc2ccc(C(=O)CCC)cc2)cc1C. The standard InChI is InChI=1S/C30H33F3O4S/c1-4-6-28(34)22-7-11-25(12-8-22)37-26(19-36-24-13-9-23(10-14-24)30(31,32)33)20-38-27-15-16-29(21(3)18-27)35-17-5-2/h7-16,18,26H,4-6,17,19-20H2,1-3H3. The minimum atomic E-state index is -4.40. The Bertz CT molecular complexity index is 1160. The highest BCUT2D eigenvalue weighted by Gasteiger charge is 2.30. The van der Waals surface area contributed by atoms with Gasteiger partial charge < -0.3 is 14.2 Å². The number of halogens is 3. The van der Waals surface area contributed by atoms with Gasteiger partial charge in [-0.3, -0.25) is 4.79 Å². The van der Waals surface area contributed by atoms with Gasteiger partial charge in [0.25, 0.3) is 0 Å². The fourth-order valence-electron chi connectivity index (χ4n) is 3.60. The van der Waals surface area contributed by atoms with Crippen LogP contribution in [0, 0.1) is 6.92 Å². The first kappa shape index (κ1) is 29.4. The number of carbonyl (C=O) groups is 1. The van der Waals surface area contributed by atoms with Gasteiger partial charge >= 0.3 is 6.18 Å². The second-order valence-electron chi connectivity index (χ2n) is 8.86. The Kier molecular flexibility index (Phi) is 11.0. The van der Waals surface area contributed by atoms with Crippen molar-refractivity contribution in [2.75, 3.05) is 19.0 Å². The van der Waals surface area contributed by atoms with Crippen molar-refractivity contribution in [1.82, 2.24) is 0 Å². The van der Waals surface area contributed by atoms with Crippen molar-refractivity contribution in [2.45, 2.75) is 57.2 Å². The highest BCUT2D eigenvalue weighted by molar-refractivity contribution is 7.99. The van der Waals surface area contributed by atoms with Crippen LogP contribution in [0.1, 0.15) is 54.6 Å². The molecule has 0 N–H and O–H groups in total. The van der Waals surface area contributed by atoms with Gasteiger partial charge in [-0.2, -0.15) is 13.2 Å². The van der Waals surface area contributed by atoms with Gasteiger partial charge in [-0.15, -0.1) is 11.8 Å². The Labute approximate surface area is 226 Å². The molecule has 0 bridgehead atoms. The van der Waals surface area contributed by atoms with Gasteiger partial charge in [-0.05, 0) is 92.1 Å². The monoisotopic (exact) mass is 546 g/mol. The number of ether oxygens (including phenoxy) is 3. The lowest BCUT2D eigenvalue weighted by molar-refractivity contribution is -0.137. The third kappa shape index (κ3) is 9.01. The van der Waals surface area contributed by atoms with E-state index in [1.165, 1.54) is 12.1 Å². The average molecular weight is 547 g/mol. The van der Waals surface area contributed by atoms with Gasteiger partial charge in [0.1, 0.15) is 30.0 Å². The van der Waals surface area contributed by atoms with Crippen molar-refractivity contribution in [2.24, 2.45) is 0 Å². The molecule has 4 nitrogen and oxygen atoms in total. The summed E-state index contributed by atoms with van der Waals surface area (Å²) in [6.07, 6.45) is -2.61. The summed E-state index contributed by atoms with van der Waals surface area (Å²) in [4.78, 5) is 13.2. The molecule has 0 aliphatic heterocycles. The summed E-state index contributed by atoms with van der Waals surface area (Å²) < 4.78 is 56.4. The zero-order valence-electron chi connectivity index (χ0n) is 21.8. The molecule has 0 aromatic heterocycles. The maximum atomic E-state index is 12.9. The van der Waals surface area contributed by atoms with E-state index in [4.69, 9.17) is 14.2 Å². The third-order valence-corrected chi connectivity index (χ3v) is 6.74. The molecule has 1 unspecified atom stereocenters. The number of alkyl halides is 3. The minimum absolute atomic E-state index is 0.0820. The first-order valence-electron chi connectivity index (χ1n) is 12.7. The van der Waals surface area contributed by atoms with Gasteiger partial charge in [-0.25, -0.2) is 0 Å². The molecule has 3 aromatic carbocycles. The molecule has 0 fully saturated rings. The van der Waals surface area contributed by atoms with Crippen LogP contribution in [0.4, 0.5) is 13.2 Å². The Hall–Kier alpha value is -3.13. The number of rotatable bonds is 14. The molecular formula is C30H33F3O4S. The normalized spacial score (nSPS) is 12.2. The predicted octanol–water partition coefficient (Wildman–Crippen LogP) is 8.40. The van der Waals surface area contributed by atoms with E-state index < -0.39 is 17.8 Å². The Morgan fingerprint density at radius 3 is 2.18 bits per heavy atom. The highest BCUT2D eigenvalue weighted by Crippen LogP contribution is 2.31. The first-order valence-corrected chi connectivity index (χ1v) is 13.6. The number of aryl methyl sites for hydroxylation is 1. The van der Waals surface area contributed by atoms with Crippen molar-refractivity contribution < 1.29 is 32.2 Å². The number of ketones is 1. The van der Waals surface area contributed by atoms with Crippen LogP contribution >= 0.6 is 11.8 Å². The summed E-state index contributed by atoms with van der Waals surface area (Å²) in [6, 6.07) is 17.6. The molecule has 0 amide bonds. The highest BCUT2D eigenvalue weighted by atomic mass is 32.2. The van der Waals surface area contributed by atoms with Crippen LogP contribution < -0.4 is 14.2 Å². The van der Waals surface area contributed by atoms with Crippen LogP contribution in [0.25, 0.3) is 0 Å². The average Bonchev–Trinajstić information content (AvgIpc) is 2.90. The fourth-order valence-corrected chi connectivity index (χ4v) is 4.57. The summed E-state index contributed by atoms with van der Waals surface area (Å²) in [5.74, 6) is 2.38. The zero-order chi connectivity index (χ0) is 27.5. The summed E-state index contributed by atoms with van der Waals surface area (Å²) in [5.41, 5.74) is 0.939. The number of hydrogen-bond donors (Lipinski definition) is 0. The summed E-state index contributed by atoms with van der Waals surface area (Å²) >= 11 is 1.59. The van der Waals surface area contributed by atoms with E-state index in [0.29, 0.717) is 35.8 Å². The second kappa shape index (κ2) is 14.1. The van der Waals surface area contributed by atoms with Crippen molar-refractivity contribution in [3.05, 3.63) is 83.4 Å². The predicted molar refractivity (Wildman–Crippen MR) is 145 cm³/mol. The van der Waals surface area contributed by atoms with Crippen molar-refractivity contribution in [3.8, 4) is 17.2 Å².